The maximum absolute atomic E-state index is 3.31. The molecular weight excluding hydrogens is 140 g/mol. The van der Waals surface area contributed by atoms with Crippen molar-refractivity contribution in [2.75, 3.05) is 5.33 Å². The lowest BCUT2D eigenvalue weighted by molar-refractivity contribution is 1.39. The van der Waals surface area contributed by atoms with E-state index in [0.29, 0.717) is 0 Å². The first-order valence-electron chi connectivity index (χ1n) is 1.99. The Labute approximate surface area is 47.4 Å². The molecule has 1 heteroatoms. The van der Waals surface area contributed by atoms with Crippen LogP contribution >= 0.6 is 15.9 Å². The Morgan fingerprint density at radius 1 is 1.83 bits per heavy atom. The van der Waals surface area contributed by atoms with E-state index in [2.05, 4.69) is 28.9 Å². The lowest BCUT2D eigenvalue weighted by Gasteiger charge is -1.83. The average Bonchev–Trinajstić information content (AvgIpc) is 1.65. The van der Waals surface area contributed by atoms with Gasteiger partial charge in [0.1, 0.15) is 0 Å². The number of allylic oxidation sites excluding steroid dienone is 2. The number of hydrogen-bond acceptors (Lipinski definition) is 0. The van der Waals surface area contributed by atoms with E-state index in [0.717, 1.165) is 5.33 Å². The third-order valence-corrected chi connectivity index (χ3v) is 1.59. The molecule has 0 rings (SSSR count). The molecule has 0 nitrogen and oxygen atoms in total. The smallest absolute Gasteiger partial charge is 0.0238 e. The standard InChI is InChI=1S/C5H9Br/c1-3-5(2)4-6/h3H,4H2,1-2H3/b5-3+. The zero-order valence-electron chi connectivity index (χ0n) is 4.16. The van der Waals surface area contributed by atoms with Crippen LogP contribution in [0.4, 0.5) is 0 Å². The Kier molecular flexibility index (Phi) is 3.54. The second-order valence-electron chi connectivity index (χ2n) is 1.27. The fourth-order valence-corrected chi connectivity index (χ4v) is 0.401. The van der Waals surface area contributed by atoms with Crippen LogP contribution in [0.15, 0.2) is 11.6 Å². The second-order valence-corrected chi connectivity index (χ2v) is 1.83. The largest absolute Gasteiger partial charge is 0.0880 e. The molecule has 0 saturated heterocycles. The number of halogens is 1. The molecule has 6 heavy (non-hydrogen) atoms. The first-order valence-corrected chi connectivity index (χ1v) is 3.11. The van der Waals surface area contributed by atoms with Crippen LogP contribution in [0.1, 0.15) is 13.8 Å². The van der Waals surface area contributed by atoms with Crippen molar-refractivity contribution in [2.45, 2.75) is 13.8 Å². The number of rotatable bonds is 1. The van der Waals surface area contributed by atoms with Crippen molar-refractivity contribution in [2.24, 2.45) is 0 Å². The predicted molar refractivity (Wildman–Crippen MR) is 33.2 cm³/mol. The maximum atomic E-state index is 3.31. The molecular formula is C5H9Br. The molecule has 0 aliphatic heterocycles. The fourth-order valence-electron chi connectivity index (χ4n) is 0.0772. The molecule has 36 valence electrons. The molecule has 0 heterocycles. The summed E-state index contributed by atoms with van der Waals surface area (Å²) >= 11 is 3.31. The molecule has 0 radical (unpaired) electrons. The lowest BCUT2D eigenvalue weighted by atomic mass is 10.3. The van der Waals surface area contributed by atoms with Crippen molar-refractivity contribution in [1.82, 2.24) is 0 Å². The van der Waals surface area contributed by atoms with Crippen LogP contribution in [0.2, 0.25) is 0 Å². The highest BCUT2D eigenvalue weighted by atomic mass is 79.9. The summed E-state index contributed by atoms with van der Waals surface area (Å²) in [5.74, 6) is 0. The van der Waals surface area contributed by atoms with E-state index >= 15 is 0 Å². The Morgan fingerprint density at radius 3 is 2.33 bits per heavy atom. The van der Waals surface area contributed by atoms with Gasteiger partial charge in [-0.05, 0) is 13.8 Å². The summed E-state index contributed by atoms with van der Waals surface area (Å²) in [6.07, 6.45) is 2.09. The average molecular weight is 149 g/mol. The van der Waals surface area contributed by atoms with Gasteiger partial charge < -0.3 is 0 Å². The van der Waals surface area contributed by atoms with Gasteiger partial charge in [-0.15, -0.1) is 0 Å². The van der Waals surface area contributed by atoms with Gasteiger partial charge in [0, 0.05) is 5.33 Å². The minimum absolute atomic E-state index is 1.00. The highest BCUT2D eigenvalue weighted by molar-refractivity contribution is 9.09. The van der Waals surface area contributed by atoms with Crippen molar-refractivity contribution >= 4 is 15.9 Å². The SMILES string of the molecule is C/C=C(\C)CBr. The predicted octanol–water partition coefficient (Wildman–Crippen LogP) is 2.35. The fraction of sp³-hybridized carbons (Fsp3) is 0.600. The van der Waals surface area contributed by atoms with Crippen molar-refractivity contribution in [3.63, 3.8) is 0 Å². The van der Waals surface area contributed by atoms with Crippen LogP contribution in [-0.2, 0) is 0 Å². The first kappa shape index (κ1) is 6.22. The zero-order valence-corrected chi connectivity index (χ0v) is 5.75. The van der Waals surface area contributed by atoms with Gasteiger partial charge >= 0.3 is 0 Å². The Balaban J connectivity index is 3.22. The summed E-state index contributed by atoms with van der Waals surface area (Å²) in [7, 11) is 0. The van der Waals surface area contributed by atoms with Crippen molar-refractivity contribution in [3.05, 3.63) is 11.6 Å². The molecule has 0 aromatic rings. The summed E-state index contributed by atoms with van der Waals surface area (Å²) in [5.41, 5.74) is 1.38. The van der Waals surface area contributed by atoms with Crippen LogP contribution in [0, 0.1) is 0 Å². The molecule has 0 saturated carbocycles. The van der Waals surface area contributed by atoms with E-state index in [1.165, 1.54) is 5.57 Å². The zero-order chi connectivity index (χ0) is 4.99. The quantitative estimate of drug-likeness (QED) is 0.396. The van der Waals surface area contributed by atoms with Crippen molar-refractivity contribution < 1.29 is 0 Å². The van der Waals surface area contributed by atoms with Gasteiger partial charge in [0.2, 0.25) is 0 Å². The third-order valence-electron chi connectivity index (χ3n) is 0.704. The minimum Gasteiger partial charge on any atom is -0.0880 e. The molecule has 0 bridgehead atoms. The van der Waals surface area contributed by atoms with Gasteiger partial charge in [-0.3, -0.25) is 0 Å². The van der Waals surface area contributed by atoms with Crippen molar-refractivity contribution in [1.29, 1.82) is 0 Å². The van der Waals surface area contributed by atoms with Gasteiger partial charge in [0.25, 0.3) is 0 Å². The molecule has 0 atom stereocenters. The Hall–Kier alpha value is 0.220. The molecule has 0 aliphatic rings. The van der Waals surface area contributed by atoms with E-state index in [1.807, 2.05) is 6.92 Å². The number of hydrogen-bond donors (Lipinski definition) is 0. The summed E-state index contributed by atoms with van der Waals surface area (Å²) in [6, 6.07) is 0. The highest BCUT2D eigenvalue weighted by Gasteiger charge is 1.74. The lowest BCUT2D eigenvalue weighted by Crippen LogP contribution is -1.69. The monoisotopic (exact) mass is 148 g/mol. The van der Waals surface area contributed by atoms with Gasteiger partial charge in [0.05, 0.1) is 0 Å². The molecule has 0 aliphatic carbocycles. The normalized spacial score (nSPS) is 12.2. The van der Waals surface area contributed by atoms with Gasteiger partial charge in [-0.25, -0.2) is 0 Å². The summed E-state index contributed by atoms with van der Waals surface area (Å²) < 4.78 is 0. The molecule has 0 aromatic carbocycles. The molecule has 0 N–H and O–H groups in total. The summed E-state index contributed by atoms with van der Waals surface area (Å²) in [4.78, 5) is 0. The summed E-state index contributed by atoms with van der Waals surface area (Å²) in [5, 5.41) is 1.00. The van der Waals surface area contributed by atoms with E-state index in [4.69, 9.17) is 0 Å². The minimum atomic E-state index is 1.00. The van der Waals surface area contributed by atoms with Crippen LogP contribution in [0.3, 0.4) is 0 Å². The van der Waals surface area contributed by atoms with E-state index in [9.17, 15) is 0 Å². The Bertz CT molecular complexity index is 55.0. The second kappa shape index (κ2) is 3.41. The van der Waals surface area contributed by atoms with Crippen LogP contribution < -0.4 is 0 Å². The maximum Gasteiger partial charge on any atom is 0.0238 e. The van der Waals surface area contributed by atoms with Gasteiger partial charge in [-0.2, -0.15) is 0 Å². The molecule has 0 fully saturated rings. The van der Waals surface area contributed by atoms with Crippen LogP contribution in [0.25, 0.3) is 0 Å². The number of alkyl halides is 1. The molecule has 0 unspecified atom stereocenters. The van der Waals surface area contributed by atoms with E-state index in [-0.39, 0.29) is 0 Å². The van der Waals surface area contributed by atoms with E-state index in [1.54, 1.807) is 0 Å². The molecule has 0 amide bonds. The highest BCUT2D eigenvalue weighted by Crippen LogP contribution is 1.94. The molecule has 0 spiro atoms. The van der Waals surface area contributed by atoms with Gasteiger partial charge in [-0.1, -0.05) is 27.6 Å². The Morgan fingerprint density at radius 2 is 2.33 bits per heavy atom. The van der Waals surface area contributed by atoms with E-state index < -0.39 is 0 Å². The first-order chi connectivity index (χ1) is 2.81. The van der Waals surface area contributed by atoms with Gasteiger partial charge in [0.15, 0.2) is 0 Å². The van der Waals surface area contributed by atoms with Crippen LogP contribution in [0.5, 0.6) is 0 Å². The van der Waals surface area contributed by atoms with Crippen molar-refractivity contribution in [3.8, 4) is 0 Å². The topological polar surface area (TPSA) is 0 Å². The molecule has 0 aromatic heterocycles. The van der Waals surface area contributed by atoms with Crippen LogP contribution in [-0.4, -0.2) is 5.33 Å². The third kappa shape index (κ3) is 2.46. The summed E-state index contributed by atoms with van der Waals surface area (Å²) in [6.45, 7) is 4.13.